The summed E-state index contributed by atoms with van der Waals surface area (Å²) in [6, 6.07) is 12.7. The first-order chi connectivity index (χ1) is 15.2. The summed E-state index contributed by atoms with van der Waals surface area (Å²) in [4.78, 5) is 18.6. The molecule has 32 heavy (non-hydrogen) atoms. The number of carbonyl (C=O) groups excluding carboxylic acids is 1. The van der Waals surface area contributed by atoms with E-state index >= 15 is 0 Å². The summed E-state index contributed by atoms with van der Waals surface area (Å²) in [6.45, 7) is 7.36. The molecule has 0 aliphatic carbocycles. The summed E-state index contributed by atoms with van der Waals surface area (Å²) in [6.07, 6.45) is 0.514. The first kappa shape index (κ1) is 22.4. The molecule has 0 N–H and O–H groups in total. The molecule has 2 heterocycles. The highest BCUT2D eigenvalue weighted by atomic mass is 35.5. The maximum Gasteiger partial charge on any atom is 0.410 e. The molecule has 6 nitrogen and oxygen atoms in total. The fourth-order valence-corrected chi connectivity index (χ4v) is 4.03. The van der Waals surface area contributed by atoms with E-state index in [0.29, 0.717) is 36.3 Å². The van der Waals surface area contributed by atoms with Crippen LogP contribution in [0.3, 0.4) is 0 Å². The van der Waals surface area contributed by atoms with Crippen molar-refractivity contribution in [2.24, 2.45) is 5.92 Å². The molecular weight excluding hydrogens is 433 g/mol. The number of para-hydroxylation sites is 2. The Bertz CT molecular complexity index is 1110. The molecule has 2 aromatic carbocycles. The van der Waals surface area contributed by atoms with Crippen molar-refractivity contribution in [3.8, 4) is 6.01 Å². The van der Waals surface area contributed by atoms with E-state index in [-0.39, 0.29) is 24.4 Å². The van der Waals surface area contributed by atoms with Gasteiger partial charge in [-0.3, -0.25) is 4.57 Å². The number of benzene rings is 2. The van der Waals surface area contributed by atoms with Crippen LogP contribution in [0.4, 0.5) is 9.18 Å². The van der Waals surface area contributed by atoms with Gasteiger partial charge in [-0.15, -0.1) is 0 Å². The Hall–Kier alpha value is -2.80. The van der Waals surface area contributed by atoms with Crippen LogP contribution in [0.25, 0.3) is 11.0 Å². The van der Waals surface area contributed by atoms with Gasteiger partial charge in [-0.1, -0.05) is 29.8 Å². The van der Waals surface area contributed by atoms with E-state index < -0.39 is 5.60 Å². The van der Waals surface area contributed by atoms with Gasteiger partial charge in [-0.2, -0.15) is 4.98 Å². The van der Waals surface area contributed by atoms with E-state index in [9.17, 15) is 9.18 Å². The van der Waals surface area contributed by atoms with E-state index in [1.807, 2.05) is 49.6 Å². The number of amides is 1. The lowest BCUT2D eigenvalue weighted by atomic mass is 10.1. The molecule has 1 aromatic heterocycles. The minimum absolute atomic E-state index is 0.160. The van der Waals surface area contributed by atoms with Gasteiger partial charge in [0.05, 0.1) is 24.2 Å². The quantitative estimate of drug-likeness (QED) is 0.504. The number of likely N-dealkylation sites (tertiary alicyclic amines) is 1. The van der Waals surface area contributed by atoms with Gasteiger partial charge in [0, 0.05) is 29.6 Å². The zero-order valence-corrected chi connectivity index (χ0v) is 19.2. The molecule has 1 aliphatic heterocycles. The van der Waals surface area contributed by atoms with Crippen molar-refractivity contribution in [3.63, 3.8) is 0 Å². The molecule has 0 radical (unpaired) electrons. The summed E-state index contributed by atoms with van der Waals surface area (Å²) < 4.78 is 27.8. The number of ether oxygens (including phenoxy) is 2. The van der Waals surface area contributed by atoms with E-state index in [2.05, 4.69) is 4.98 Å². The van der Waals surface area contributed by atoms with Gasteiger partial charge in [0.25, 0.3) is 6.01 Å². The Kier molecular flexibility index (Phi) is 6.29. The summed E-state index contributed by atoms with van der Waals surface area (Å²) in [5, 5.41) is 0.359. The van der Waals surface area contributed by atoms with E-state index in [1.54, 1.807) is 17.0 Å². The van der Waals surface area contributed by atoms with Gasteiger partial charge in [0.1, 0.15) is 11.4 Å². The topological polar surface area (TPSA) is 56.6 Å². The number of fused-ring (bicyclic) bond motifs is 1. The van der Waals surface area contributed by atoms with Crippen molar-refractivity contribution in [1.82, 2.24) is 14.5 Å². The fourth-order valence-electron chi connectivity index (χ4n) is 3.81. The molecule has 8 heteroatoms. The maximum atomic E-state index is 14.4. The number of aromatic nitrogens is 2. The summed E-state index contributed by atoms with van der Waals surface area (Å²) in [5.74, 6) is -0.210. The zero-order chi connectivity index (χ0) is 22.9. The highest BCUT2D eigenvalue weighted by Gasteiger charge is 2.30. The smallest absolute Gasteiger partial charge is 0.410 e. The molecule has 0 spiro atoms. The Morgan fingerprint density at radius 3 is 2.75 bits per heavy atom. The van der Waals surface area contributed by atoms with Crippen molar-refractivity contribution in [2.45, 2.75) is 39.3 Å². The van der Waals surface area contributed by atoms with Crippen LogP contribution in [-0.4, -0.2) is 45.8 Å². The molecule has 1 unspecified atom stereocenters. The van der Waals surface area contributed by atoms with Crippen LogP contribution in [0.5, 0.6) is 6.01 Å². The first-order valence-corrected chi connectivity index (χ1v) is 11.1. The number of hydrogen-bond donors (Lipinski definition) is 0. The third kappa shape index (κ3) is 4.99. The second-order valence-corrected chi connectivity index (χ2v) is 9.47. The molecule has 1 fully saturated rings. The molecule has 170 valence electrons. The van der Waals surface area contributed by atoms with Crippen LogP contribution in [0, 0.1) is 11.7 Å². The molecule has 4 rings (SSSR count). The monoisotopic (exact) mass is 459 g/mol. The third-order valence-electron chi connectivity index (χ3n) is 5.38. The second kappa shape index (κ2) is 8.98. The molecule has 1 saturated heterocycles. The third-order valence-corrected chi connectivity index (χ3v) is 5.74. The van der Waals surface area contributed by atoms with Crippen molar-refractivity contribution in [2.75, 3.05) is 19.7 Å². The predicted molar refractivity (Wildman–Crippen MR) is 122 cm³/mol. The zero-order valence-electron chi connectivity index (χ0n) is 18.5. The molecular formula is C24H27ClFN3O3. The van der Waals surface area contributed by atoms with Crippen LogP contribution in [0.2, 0.25) is 5.02 Å². The van der Waals surface area contributed by atoms with Crippen molar-refractivity contribution in [3.05, 3.63) is 58.9 Å². The normalized spacial score (nSPS) is 16.5. The first-order valence-electron chi connectivity index (χ1n) is 10.7. The van der Waals surface area contributed by atoms with Gasteiger partial charge in [0.15, 0.2) is 0 Å². The second-order valence-electron chi connectivity index (χ2n) is 9.06. The lowest BCUT2D eigenvalue weighted by molar-refractivity contribution is 0.0284. The van der Waals surface area contributed by atoms with Crippen molar-refractivity contribution >= 4 is 28.7 Å². The Morgan fingerprint density at radius 2 is 2.00 bits per heavy atom. The van der Waals surface area contributed by atoms with Gasteiger partial charge in [0.2, 0.25) is 0 Å². The molecule has 1 atom stereocenters. The molecule has 1 amide bonds. The fraction of sp³-hybridized carbons (Fsp3) is 0.417. The number of halogens is 2. The lowest BCUT2D eigenvalue weighted by Gasteiger charge is -2.24. The molecule has 3 aromatic rings. The van der Waals surface area contributed by atoms with Crippen LogP contribution >= 0.6 is 11.6 Å². The predicted octanol–water partition coefficient (Wildman–Crippen LogP) is 5.51. The highest BCUT2D eigenvalue weighted by Crippen LogP contribution is 2.28. The van der Waals surface area contributed by atoms with E-state index in [0.717, 1.165) is 17.5 Å². The summed E-state index contributed by atoms with van der Waals surface area (Å²) >= 11 is 6.26. The molecule has 0 bridgehead atoms. The highest BCUT2D eigenvalue weighted by molar-refractivity contribution is 6.31. The number of nitrogens with zero attached hydrogens (tertiary/aromatic N) is 3. The van der Waals surface area contributed by atoms with Gasteiger partial charge < -0.3 is 14.4 Å². The largest absolute Gasteiger partial charge is 0.464 e. The van der Waals surface area contributed by atoms with Gasteiger partial charge in [-0.05, 0) is 51.5 Å². The van der Waals surface area contributed by atoms with Crippen LogP contribution < -0.4 is 4.74 Å². The number of carbonyl (C=O) groups is 1. The number of hydrogen-bond acceptors (Lipinski definition) is 4. The van der Waals surface area contributed by atoms with Gasteiger partial charge in [-0.25, -0.2) is 9.18 Å². The minimum atomic E-state index is -0.523. The Morgan fingerprint density at radius 1 is 1.22 bits per heavy atom. The molecule has 1 aliphatic rings. The van der Waals surface area contributed by atoms with E-state index in [1.165, 1.54) is 6.07 Å². The van der Waals surface area contributed by atoms with Crippen molar-refractivity contribution in [1.29, 1.82) is 0 Å². The Balaban J connectivity index is 1.49. The van der Waals surface area contributed by atoms with Crippen LogP contribution in [-0.2, 0) is 11.3 Å². The lowest BCUT2D eigenvalue weighted by Crippen LogP contribution is -2.35. The minimum Gasteiger partial charge on any atom is -0.464 e. The van der Waals surface area contributed by atoms with E-state index in [4.69, 9.17) is 21.1 Å². The SMILES string of the molecule is CC(C)(C)OC(=O)N1CCC(COc2nc3ccccc3n2Cc2c(F)cccc2Cl)C1. The van der Waals surface area contributed by atoms with Crippen molar-refractivity contribution < 1.29 is 18.7 Å². The average molecular weight is 460 g/mol. The maximum absolute atomic E-state index is 14.4. The summed E-state index contributed by atoms with van der Waals surface area (Å²) in [7, 11) is 0. The average Bonchev–Trinajstić information content (AvgIpc) is 3.33. The number of rotatable bonds is 5. The summed E-state index contributed by atoms with van der Waals surface area (Å²) in [5.41, 5.74) is 1.46. The molecule has 0 saturated carbocycles. The number of imidazole rings is 1. The van der Waals surface area contributed by atoms with Crippen LogP contribution in [0.1, 0.15) is 32.8 Å². The van der Waals surface area contributed by atoms with Crippen LogP contribution in [0.15, 0.2) is 42.5 Å². The standard InChI is InChI=1S/C24H27ClFN3O3/c1-24(2,3)32-23(30)28-12-11-16(13-28)15-31-22-27-20-9-4-5-10-21(20)29(22)14-17-18(25)7-6-8-19(17)26/h4-10,16H,11-15H2,1-3H3. The van der Waals surface area contributed by atoms with Gasteiger partial charge >= 0.3 is 6.09 Å². The Labute approximate surface area is 191 Å².